The Morgan fingerprint density at radius 2 is 1.47 bits per heavy atom. The molecule has 32 heavy (non-hydrogen) atoms. The van der Waals surface area contributed by atoms with E-state index in [4.69, 9.17) is 15.9 Å². The van der Waals surface area contributed by atoms with Crippen LogP contribution in [0.3, 0.4) is 0 Å². The molecule has 182 valence electrons. The quantitative estimate of drug-likeness (QED) is 0.123. The third kappa shape index (κ3) is 11.5. The number of nitrogens with two attached hydrogens (primary N) is 1. The van der Waals surface area contributed by atoms with Crippen LogP contribution in [0.15, 0.2) is 0 Å². The lowest BCUT2D eigenvalue weighted by Crippen LogP contribution is -2.56. The van der Waals surface area contributed by atoms with E-state index >= 15 is 0 Å². The number of carbonyl (C=O) groups excluding carboxylic acids is 4. The Morgan fingerprint density at radius 3 is 1.94 bits per heavy atom. The van der Waals surface area contributed by atoms with Crippen molar-refractivity contribution < 1.29 is 39.0 Å². The summed E-state index contributed by atoms with van der Waals surface area (Å²) in [5.41, 5.74) is 5.41. The van der Waals surface area contributed by atoms with Crippen molar-refractivity contribution in [3.63, 3.8) is 0 Å². The SMILES string of the molecule is CC(C)C[C@H](NC(=O)CNC(=O)[C@H](CS)NC(=O)[C@H](C)NC(=O)[C@@H](N)CC(=O)O)C(=O)O. The number of hydrogen-bond donors (Lipinski definition) is 8. The summed E-state index contributed by atoms with van der Waals surface area (Å²) in [6, 6.07) is -4.74. The van der Waals surface area contributed by atoms with E-state index in [9.17, 15) is 28.8 Å². The van der Waals surface area contributed by atoms with Crippen molar-refractivity contribution in [3.05, 3.63) is 0 Å². The lowest BCUT2D eigenvalue weighted by atomic mass is 10.0. The molecule has 0 aliphatic carbocycles. The standard InChI is InChI=1S/C18H31N5O8S/c1-8(2)4-11(18(30)31)22-13(24)6-20-17(29)12(7-32)23-15(27)9(3)21-16(28)10(19)5-14(25)26/h8-12,32H,4-7,19H2,1-3H3,(H,20,29)(H,21,28)(H,22,24)(H,23,27)(H,25,26)(H,30,31)/t9-,10-,11-,12-/m0/s1. The Balaban J connectivity index is 4.70. The van der Waals surface area contributed by atoms with E-state index in [1.807, 2.05) is 0 Å². The van der Waals surface area contributed by atoms with E-state index in [1.54, 1.807) is 13.8 Å². The second-order valence-electron chi connectivity index (χ2n) is 7.48. The van der Waals surface area contributed by atoms with Crippen molar-refractivity contribution >= 4 is 48.2 Å². The molecule has 4 atom stereocenters. The number of carboxylic acids is 2. The predicted octanol–water partition coefficient (Wildman–Crippen LogP) is -2.56. The van der Waals surface area contributed by atoms with Gasteiger partial charge >= 0.3 is 11.9 Å². The maximum absolute atomic E-state index is 12.2. The summed E-state index contributed by atoms with van der Waals surface area (Å²) in [6.45, 7) is 4.39. The van der Waals surface area contributed by atoms with Crippen LogP contribution < -0.4 is 27.0 Å². The summed E-state index contributed by atoms with van der Waals surface area (Å²) in [7, 11) is 0. The molecule has 4 amide bonds. The summed E-state index contributed by atoms with van der Waals surface area (Å²) in [4.78, 5) is 70.0. The number of carbonyl (C=O) groups is 6. The van der Waals surface area contributed by atoms with Crippen LogP contribution in [0.2, 0.25) is 0 Å². The smallest absolute Gasteiger partial charge is 0.326 e. The van der Waals surface area contributed by atoms with Crippen LogP contribution in [-0.4, -0.2) is 82.2 Å². The number of rotatable bonds is 14. The minimum atomic E-state index is -1.35. The minimum absolute atomic E-state index is 0.0240. The Kier molecular flexibility index (Phi) is 13.0. The fourth-order valence-electron chi connectivity index (χ4n) is 2.39. The van der Waals surface area contributed by atoms with Gasteiger partial charge in [0.2, 0.25) is 23.6 Å². The van der Waals surface area contributed by atoms with Gasteiger partial charge in [0, 0.05) is 5.75 Å². The van der Waals surface area contributed by atoms with E-state index in [2.05, 4.69) is 33.9 Å². The number of hydrogen-bond acceptors (Lipinski definition) is 8. The largest absolute Gasteiger partial charge is 0.481 e. The van der Waals surface area contributed by atoms with Gasteiger partial charge in [0.1, 0.15) is 18.1 Å². The number of nitrogens with one attached hydrogen (secondary N) is 4. The lowest BCUT2D eigenvalue weighted by Gasteiger charge is -2.21. The van der Waals surface area contributed by atoms with Gasteiger partial charge in [-0.15, -0.1) is 0 Å². The number of amides is 4. The molecule has 0 unspecified atom stereocenters. The van der Waals surface area contributed by atoms with Crippen molar-refractivity contribution in [1.29, 1.82) is 0 Å². The molecule has 0 aliphatic rings. The second-order valence-corrected chi connectivity index (χ2v) is 7.85. The molecule has 0 aromatic rings. The molecule has 0 aromatic heterocycles. The normalized spacial score (nSPS) is 14.4. The molecule has 0 spiro atoms. The van der Waals surface area contributed by atoms with Crippen molar-refractivity contribution in [2.24, 2.45) is 11.7 Å². The first kappa shape index (κ1) is 29.1. The van der Waals surface area contributed by atoms with Crippen LogP contribution in [0.4, 0.5) is 0 Å². The van der Waals surface area contributed by atoms with Gasteiger partial charge in [-0.2, -0.15) is 12.6 Å². The highest BCUT2D eigenvalue weighted by Crippen LogP contribution is 2.04. The van der Waals surface area contributed by atoms with Crippen LogP contribution in [0.1, 0.15) is 33.6 Å². The maximum Gasteiger partial charge on any atom is 0.326 e. The van der Waals surface area contributed by atoms with Crippen LogP contribution >= 0.6 is 12.6 Å². The first-order chi connectivity index (χ1) is 14.8. The Morgan fingerprint density at radius 1 is 0.875 bits per heavy atom. The molecule has 8 N–H and O–H groups in total. The highest BCUT2D eigenvalue weighted by atomic mass is 32.1. The maximum atomic E-state index is 12.2. The average Bonchev–Trinajstić information content (AvgIpc) is 2.68. The average molecular weight is 478 g/mol. The topological polar surface area (TPSA) is 217 Å². The van der Waals surface area contributed by atoms with Crippen LogP contribution in [0, 0.1) is 5.92 Å². The van der Waals surface area contributed by atoms with Gasteiger partial charge in [-0.3, -0.25) is 24.0 Å². The minimum Gasteiger partial charge on any atom is -0.481 e. The van der Waals surface area contributed by atoms with Gasteiger partial charge in [0.25, 0.3) is 0 Å². The summed E-state index contributed by atoms with van der Waals surface area (Å²) in [5.74, 6) is -5.67. The Bertz CT molecular complexity index is 717. The first-order valence-corrected chi connectivity index (χ1v) is 10.4. The summed E-state index contributed by atoms with van der Waals surface area (Å²) in [5, 5.41) is 26.9. The highest BCUT2D eigenvalue weighted by Gasteiger charge is 2.26. The number of aliphatic carboxylic acids is 2. The monoisotopic (exact) mass is 477 g/mol. The molecule has 14 heteroatoms. The third-order valence-electron chi connectivity index (χ3n) is 4.06. The van der Waals surface area contributed by atoms with Gasteiger partial charge in [-0.25, -0.2) is 4.79 Å². The molecule has 0 heterocycles. The van der Waals surface area contributed by atoms with Crippen LogP contribution in [-0.2, 0) is 28.8 Å². The van der Waals surface area contributed by atoms with E-state index in [0.29, 0.717) is 0 Å². The van der Waals surface area contributed by atoms with E-state index in [1.165, 1.54) is 6.92 Å². The molecule has 0 saturated carbocycles. The number of thiol groups is 1. The van der Waals surface area contributed by atoms with Crippen LogP contribution in [0.25, 0.3) is 0 Å². The van der Waals surface area contributed by atoms with Gasteiger partial charge in [0.15, 0.2) is 0 Å². The van der Waals surface area contributed by atoms with Gasteiger partial charge in [0.05, 0.1) is 19.0 Å². The number of carboxylic acid groups (broad SMARTS) is 2. The van der Waals surface area contributed by atoms with Crippen molar-refractivity contribution in [2.45, 2.75) is 57.8 Å². The molecule has 0 bridgehead atoms. The van der Waals surface area contributed by atoms with Gasteiger partial charge in [-0.05, 0) is 19.3 Å². The Labute approximate surface area is 190 Å². The van der Waals surface area contributed by atoms with E-state index < -0.39 is 72.7 Å². The highest BCUT2D eigenvalue weighted by molar-refractivity contribution is 7.80. The molecule has 0 saturated heterocycles. The molecular weight excluding hydrogens is 446 g/mol. The second kappa shape index (κ2) is 14.2. The van der Waals surface area contributed by atoms with Crippen LogP contribution in [0.5, 0.6) is 0 Å². The molecule has 0 rings (SSSR count). The zero-order chi connectivity index (χ0) is 25.0. The fraction of sp³-hybridized carbons (Fsp3) is 0.667. The summed E-state index contributed by atoms with van der Waals surface area (Å²) >= 11 is 3.98. The Hall–Kier alpha value is -2.87. The van der Waals surface area contributed by atoms with Crippen molar-refractivity contribution in [1.82, 2.24) is 21.3 Å². The fourth-order valence-corrected chi connectivity index (χ4v) is 2.64. The molecule has 0 aliphatic heterocycles. The summed E-state index contributed by atoms with van der Waals surface area (Å²) < 4.78 is 0. The molecule has 13 nitrogen and oxygen atoms in total. The molecular formula is C18H31N5O8S. The zero-order valence-electron chi connectivity index (χ0n) is 18.1. The van der Waals surface area contributed by atoms with Gasteiger partial charge < -0.3 is 37.2 Å². The molecule has 0 radical (unpaired) electrons. The van der Waals surface area contributed by atoms with Crippen molar-refractivity contribution in [2.75, 3.05) is 12.3 Å². The zero-order valence-corrected chi connectivity index (χ0v) is 19.0. The lowest BCUT2D eigenvalue weighted by molar-refractivity contribution is -0.142. The molecule has 0 fully saturated rings. The predicted molar refractivity (Wildman–Crippen MR) is 116 cm³/mol. The summed E-state index contributed by atoms with van der Waals surface area (Å²) in [6.07, 6.45) is -0.409. The van der Waals surface area contributed by atoms with Crippen molar-refractivity contribution in [3.8, 4) is 0 Å². The van der Waals surface area contributed by atoms with E-state index in [0.717, 1.165) is 0 Å². The first-order valence-electron chi connectivity index (χ1n) is 9.77. The molecule has 0 aromatic carbocycles. The van der Waals surface area contributed by atoms with E-state index in [-0.39, 0.29) is 18.1 Å². The third-order valence-corrected chi connectivity index (χ3v) is 4.43. The van der Waals surface area contributed by atoms with Gasteiger partial charge in [-0.1, -0.05) is 13.8 Å².